The summed E-state index contributed by atoms with van der Waals surface area (Å²) in [6.45, 7) is 3.99. The smallest absolute Gasteiger partial charge is 0.224 e. The topological polar surface area (TPSA) is 47.6 Å². The van der Waals surface area contributed by atoms with Crippen LogP contribution in [0.3, 0.4) is 0 Å². The zero-order valence-electron chi connectivity index (χ0n) is 16.3. The maximum absolute atomic E-state index is 14.0. The molecule has 0 aliphatic carbocycles. The number of nitrogens with zero attached hydrogens (tertiary/aromatic N) is 2. The largest absolute Gasteiger partial charge is 0.337 e. The summed E-state index contributed by atoms with van der Waals surface area (Å²) in [5, 5.41) is 0. The van der Waals surface area contributed by atoms with Gasteiger partial charge in [-0.1, -0.05) is 30.3 Å². The van der Waals surface area contributed by atoms with Crippen LogP contribution in [0.4, 0.5) is 8.78 Å². The summed E-state index contributed by atoms with van der Waals surface area (Å²) in [5.74, 6) is -0.133. The highest BCUT2D eigenvalue weighted by atomic mass is 19.1. The molecule has 2 unspecified atom stereocenters. The number of hydrazine groups is 1. The van der Waals surface area contributed by atoms with Crippen LogP contribution >= 0.6 is 0 Å². The maximum Gasteiger partial charge on any atom is 0.224 e. The number of nitrogens with one attached hydrogen (secondary N) is 2. The third kappa shape index (κ3) is 4.80. The molecule has 2 aromatic carbocycles. The number of hydrogen-bond donors (Lipinski definition) is 2. The molecule has 2 aromatic rings. The predicted octanol–water partition coefficient (Wildman–Crippen LogP) is 2.46. The predicted molar refractivity (Wildman–Crippen MR) is 107 cm³/mol. The van der Waals surface area contributed by atoms with E-state index in [2.05, 4.69) is 15.8 Å². The lowest BCUT2D eigenvalue weighted by atomic mass is 9.94. The molecule has 0 radical (unpaired) electrons. The normalized spacial score (nSPS) is 23.4. The molecule has 2 aliphatic heterocycles. The average molecular weight is 400 g/mol. The summed E-state index contributed by atoms with van der Waals surface area (Å²) >= 11 is 0. The Balaban J connectivity index is 1.37. The van der Waals surface area contributed by atoms with Gasteiger partial charge in [-0.15, -0.1) is 0 Å². The van der Waals surface area contributed by atoms with E-state index in [-0.39, 0.29) is 23.6 Å². The molecule has 0 aromatic heterocycles. The van der Waals surface area contributed by atoms with E-state index in [1.54, 1.807) is 23.1 Å². The Morgan fingerprint density at radius 1 is 1.00 bits per heavy atom. The molecule has 5 nitrogen and oxygen atoms in total. The molecular formula is C22H26F2N4O. The molecule has 2 aliphatic rings. The average Bonchev–Trinajstić information content (AvgIpc) is 3.11. The highest BCUT2D eigenvalue weighted by Crippen LogP contribution is 2.26. The molecule has 29 heavy (non-hydrogen) atoms. The minimum Gasteiger partial charge on any atom is -0.337 e. The first-order chi connectivity index (χ1) is 14.1. The van der Waals surface area contributed by atoms with Crippen molar-refractivity contribution in [2.75, 3.05) is 32.7 Å². The molecule has 1 amide bonds. The summed E-state index contributed by atoms with van der Waals surface area (Å²) in [6, 6.07) is 13.3. The van der Waals surface area contributed by atoms with Crippen molar-refractivity contribution in [1.29, 1.82) is 0 Å². The van der Waals surface area contributed by atoms with E-state index in [9.17, 15) is 13.6 Å². The fourth-order valence-corrected chi connectivity index (χ4v) is 4.16. The molecule has 2 saturated heterocycles. The molecular weight excluding hydrogens is 374 g/mol. The van der Waals surface area contributed by atoms with E-state index in [1.165, 1.54) is 18.2 Å². The van der Waals surface area contributed by atoms with Gasteiger partial charge in [-0.3, -0.25) is 10.2 Å². The Kier molecular flexibility index (Phi) is 6.18. The molecule has 2 heterocycles. The van der Waals surface area contributed by atoms with Gasteiger partial charge in [-0.2, -0.15) is 0 Å². The second-order valence-corrected chi connectivity index (χ2v) is 7.77. The Morgan fingerprint density at radius 2 is 1.79 bits per heavy atom. The Labute approximate surface area is 169 Å². The number of amides is 1. The zero-order valence-corrected chi connectivity index (χ0v) is 16.3. The molecule has 7 heteroatoms. The number of carbonyl (C=O) groups excluding carboxylic acids is 1. The number of halogens is 2. The van der Waals surface area contributed by atoms with Gasteiger partial charge in [0.1, 0.15) is 11.6 Å². The molecule has 2 N–H and O–H groups in total. The van der Waals surface area contributed by atoms with Crippen molar-refractivity contribution in [3.8, 4) is 0 Å². The van der Waals surface area contributed by atoms with Crippen LogP contribution in [0.15, 0.2) is 48.5 Å². The maximum atomic E-state index is 14.0. The third-order valence-corrected chi connectivity index (χ3v) is 5.81. The van der Waals surface area contributed by atoms with E-state index in [1.807, 2.05) is 12.1 Å². The summed E-state index contributed by atoms with van der Waals surface area (Å²) in [7, 11) is 0. The minimum absolute atomic E-state index is 0.0634. The summed E-state index contributed by atoms with van der Waals surface area (Å²) in [6.07, 6.45) is 0.434. The number of benzene rings is 2. The second kappa shape index (κ2) is 8.98. The molecule has 0 saturated carbocycles. The van der Waals surface area contributed by atoms with Crippen molar-refractivity contribution in [2.24, 2.45) is 5.92 Å². The van der Waals surface area contributed by atoms with Crippen molar-refractivity contribution in [2.45, 2.75) is 19.0 Å². The lowest BCUT2D eigenvalue weighted by Crippen LogP contribution is -2.36. The van der Waals surface area contributed by atoms with Crippen LogP contribution in [0.5, 0.6) is 0 Å². The fraction of sp³-hybridized carbons (Fsp3) is 0.409. The summed E-state index contributed by atoms with van der Waals surface area (Å²) < 4.78 is 27.2. The highest BCUT2D eigenvalue weighted by molar-refractivity contribution is 5.76. The van der Waals surface area contributed by atoms with Crippen LogP contribution in [0.25, 0.3) is 0 Å². The molecule has 2 atom stereocenters. The van der Waals surface area contributed by atoms with Gasteiger partial charge >= 0.3 is 0 Å². The van der Waals surface area contributed by atoms with E-state index in [0.717, 1.165) is 25.2 Å². The lowest BCUT2D eigenvalue weighted by molar-refractivity contribution is -0.131. The zero-order chi connectivity index (χ0) is 20.2. The van der Waals surface area contributed by atoms with E-state index in [0.29, 0.717) is 37.5 Å². The number of hydrogen-bond acceptors (Lipinski definition) is 4. The fourth-order valence-electron chi connectivity index (χ4n) is 4.16. The van der Waals surface area contributed by atoms with Gasteiger partial charge in [0.25, 0.3) is 0 Å². The van der Waals surface area contributed by atoms with Crippen LogP contribution < -0.4 is 10.9 Å². The van der Waals surface area contributed by atoms with Crippen LogP contribution in [-0.4, -0.2) is 48.4 Å². The quantitative estimate of drug-likeness (QED) is 0.810. The van der Waals surface area contributed by atoms with E-state index in [4.69, 9.17) is 0 Å². The van der Waals surface area contributed by atoms with Crippen LogP contribution in [0.2, 0.25) is 0 Å². The van der Waals surface area contributed by atoms with E-state index >= 15 is 0 Å². The van der Waals surface area contributed by atoms with E-state index < -0.39 is 0 Å². The van der Waals surface area contributed by atoms with Gasteiger partial charge in [0.05, 0.1) is 6.04 Å². The van der Waals surface area contributed by atoms with Gasteiger partial charge in [0.2, 0.25) is 5.91 Å². The highest BCUT2D eigenvalue weighted by Gasteiger charge is 2.31. The van der Waals surface area contributed by atoms with Crippen LogP contribution in [0.1, 0.15) is 23.6 Å². The van der Waals surface area contributed by atoms with Crippen LogP contribution in [-0.2, 0) is 11.3 Å². The first kappa shape index (κ1) is 19.9. The monoisotopic (exact) mass is 400 g/mol. The summed E-state index contributed by atoms with van der Waals surface area (Å²) in [5.41, 5.74) is 8.09. The van der Waals surface area contributed by atoms with Crippen molar-refractivity contribution in [3.63, 3.8) is 0 Å². The van der Waals surface area contributed by atoms with Gasteiger partial charge < -0.3 is 9.80 Å². The first-order valence-corrected chi connectivity index (χ1v) is 10.1. The molecule has 154 valence electrons. The molecule has 2 fully saturated rings. The molecule has 0 spiro atoms. The van der Waals surface area contributed by atoms with Gasteiger partial charge in [-0.25, -0.2) is 14.2 Å². The Hall–Kier alpha value is -2.35. The number of carbonyl (C=O) groups is 1. The van der Waals surface area contributed by atoms with Crippen molar-refractivity contribution in [1.82, 2.24) is 20.7 Å². The van der Waals surface area contributed by atoms with Crippen LogP contribution in [0, 0.1) is 17.6 Å². The minimum atomic E-state index is -0.272. The number of rotatable bonds is 5. The van der Waals surface area contributed by atoms with Crippen molar-refractivity contribution in [3.05, 3.63) is 71.3 Å². The van der Waals surface area contributed by atoms with Crippen molar-refractivity contribution < 1.29 is 13.6 Å². The lowest BCUT2D eigenvalue weighted by Gasteiger charge is -2.27. The molecule has 0 bridgehead atoms. The SMILES string of the molecule is O=C1CCN(CC2CNNC2c2ccc(F)cc2)CCN1Cc1ccccc1F. The third-order valence-electron chi connectivity index (χ3n) is 5.81. The Bertz CT molecular complexity index is 845. The standard InChI is InChI=1S/C22H26F2N4O/c23-19-7-5-16(6-8-19)22-18(13-25-26-22)14-27-10-9-21(29)28(12-11-27)15-17-3-1-2-4-20(17)24/h1-8,18,22,25-26H,9-15H2. The summed E-state index contributed by atoms with van der Waals surface area (Å²) in [4.78, 5) is 16.6. The van der Waals surface area contributed by atoms with Gasteiger partial charge in [0, 0.05) is 57.2 Å². The van der Waals surface area contributed by atoms with Crippen molar-refractivity contribution >= 4 is 5.91 Å². The Morgan fingerprint density at radius 3 is 2.59 bits per heavy atom. The van der Waals surface area contributed by atoms with Gasteiger partial charge in [0.15, 0.2) is 0 Å². The van der Waals surface area contributed by atoms with Gasteiger partial charge in [-0.05, 0) is 23.8 Å². The molecule has 4 rings (SSSR count). The first-order valence-electron chi connectivity index (χ1n) is 10.1. The second-order valence-electron chi connectivity index (χ2n) is 7.77.